The molecule has 0 spiro atoms. The Morgan fingerprint density at radius 3 is 2.72 bits per heavy atom. The van der Waals surface area contributed by atoms with Gasteiger partial charge in [0.25, 0.3) is 5.91 Å². The van der Waals surface area contributed by atoms with Crippen molar-refractivity contribution in [2.45, 2.75) is 32.6 Å². The van der Waals surface area contributed by atoms with E-state index in [0.717, 1.165) is 25.9 Å². The highest BCUT2D eigenvalue weighted by atomic mass is 32.1. The summed E-state index contributed by atoms with van der Waals surface area (Å²) in [4.78, 5) is 32.9. The molecule has 1 amide bonds. The molecule has 1 saturated heterocycles. The first-order chi connectivity index (χ1) is 12.0. The number of rotatable bonds is 4. The number of aromatic nitrogens is 2. The second-order valence-corrected chi connectivity index (χ2v) is 7.22. The van der Waals surface area contributed by atoms with Gasteiger partial charge in [0.05, 0.1) is 12.7 Å². The Kier molecular flexibility index (Phi) is 5.19. The summed E-state index contributed by atoms with van der Waals surface area (Å²) in [5, 5.41) is 6.74. The molecule has 0 unspecified atom stereocenters. The average molecular weight is 362 g/mol. The van der Waals surface area contributed by atoms with Crippen LogP contribution < -0.4 is 10.6 Å². The molecule has 3 heterocycles. The summed E-state index contributed by atoms with van der Waals surface area (Å²) in [7, 11) is 1.33. The van der Waals surface area contributed by atoms with Crippen molar-refractivity contribution < 1.29 is 14.3 Å². The lowest BCUT2D eigenvalue weighted by molar-refractivity contribution is 0.0599. The van der Waals surface area contributed by atoms with Gasteiger partial charge in [0.15, 0.2) is 5.13 Å². The Hall–Kier alpha value is -2.19. The van der Waals surface area contributed by atoms with Crippen molar-refractivity contribution in [3.05, 3.63) is 33.6 Å². The van der Waals surface area contributed by atoms with Crippen LogP contribution in [-0.2, 0) is 4.74 Å². The summed E-state index contributed by atoms with van der Waals surface area (Å²) < 4.78 is 4.77. The largest absolute Gasteiger partial charge is 0.465 e. The van der Waals surface area contributed by atoms with Crippen LogP contribution in [0.5, 0.6) is 0 Å². The minimum Gasteiger partial charge on any atom is -0.465 e. The lowest BCUT2D eigenvalue weighted by Crippen LogP contribution is -2.26. The van der Waals surface area contributed by atoms with Crippen molar-refractivity contribution in [1.29, 1.82) is 0 Å². The summed E-state index contributed by atoms with van der Waals surface area (Å²) in [5.41, 5.74) is 1.96. The molecular formula is C17H22N4O3S. The third kappa shape index (κ3) is 3.59. The van der Waals surface area contributed by atoms with E-state index >= 15 is 0 Å². The third-order valence-electron chi connectivity index (χ3n) is 4.54. The highest BCUT2D eigenvalue weighted by molar-refractivity contribution is 7.15. The van der Waals surface area contributed by atoms with E-state index in [1.54, 1.807) is 13.8 Å². The fourth-order valence-electron chi connectivity index (χ4n) is 3.18. The van der Waals surface area contributed by atoms with Crippen LogP contribution in [0.3, 0.4) is 0 Å². The van der Waals surface area contributed by atoms with Crippen LogP contribution in [0.2, 0.25) is 0 Å². The molecule has 7 nitrogen and oxygen atoms in total. The van der Waals surface area contributed by atoms with Crippen LogP contribution in [-0.4, -0.2) is 42.0 Å². The summed E-state index contributed by atoms with van der Waals surface area (Å²) in [6, 6.07) is 0. The first kappa shape index (κ1) is 17.6. The maximum Gasteiger partial charge on any atom is 0.339 e. The Balaban J connectivity index is 1.75. The molecular weight excluding hydrogens is 340 g/mol. The summed E-state index contributed by atoms with van der Waals surface area (Å²) in [6.45, 7) is 5.50. The SMILES string of the molecule is COC(=O)c1c(C)[nH]c(C(=O)Nc2ncc(C3CCNCC3)s2)c1C. The van der Waals surface area contributed by atoms with Gasteiger partial charge in [-0.2, -0.15) is 0 Å². The minimum atomic E-state index is -0.451. The van der Waals surface area contributed by atoms with E-state index in [2.05, 4.69) is 20.6 Å². The Labute approximate surface area is 150 Å². The number of aryl methyl sites for hydroxylation is 1. The third-order valence-corrected chi connectivity index (χ3v) is 5.61. The lowest BCUT2D eigenvalue weighted by atomic mass is 9.97. The fourth-order valence-corrected chi connectivity index (χ4v) is 4.16. The van der Waals surface area contributed by atoms with E-state index < -0.39 is 5.97 Å². The van der Waals surface area contributed by atoms with Gasteiger partial charge in [0.1, 0.15) is 5.69 Å². The van der Waals surface area contributed by atoms with Crippen LogP contribution in [0, 0.1) is 13.8 Å². The zero-order valence-electron chi connectivity index (χ0n) is 14.6. The fraction of sp³-hybridized carbons (Fsp3) is 0.471. The van der Waals surface area contributed by atoms with E-state index in [1.807, 2.05) is 6.20 Å². The van der Waals surface area contributed by atoms with Crippen LogP contribution in [0.4, 0.5) is 5.13 Å². The van der Waals surface area contributed by atoms with Crippen molar-refractivity contribution >= 4 is 28.3 Å². The number of hydrogen-bond donors (Lipinski definition) is 3. The number of piperidine rings is 1. The van der Waals surface area contributed by atoms with Crippen molar-refractivity contribution in [3.8, 4) is 0 Å². The predicted molar refractivity (Wildman–Crippen MR) is 96.5 cm³/mol. The van der Waals surface area contributed by atoms with Gasteiger partial charge in [0.2, 0.25) is 0 Å². The van der Waals surface area contributed by atoms with E-state index in [4.69, 9.17) is 4.74 Å². The van der Waals surface area contributed by atoms with E-state index in [9.17, 15) is 9.59 Å². The van der Waals surface area contributed by atoms with E-state index in [0.29, 0.717) is 33.6 Å². The molecule has 25 heavy (non-hydrogen) atoms. The predicted octanol–water partition coefficient (Wildman–Crippen LogP) is 2.59. The topological polar surface area (TPSA) is 96.1 Å². The number of anilines is 1. The number of amides is 1. The molecule has 3 rings (SSSR count). The second-order valence-electron chi connectivity index (χ2n) is 6.16. The molecule has 0 saturated carbocycles. The number of nitrogens with zero attached hydrogens (tertiary/aromatic N) is 1. The zero-order valence-corrected chi connectivity index (χ0v) is 15.4. The summed E-state index contributed by atoms with van der Waals surface area (Å²) in [6.07, 6.45) is 4.03. The van der Waals surface area contributed by atoms with Crippen molar-refractivity contribution in [2.24, 2.45) is 0 Å². The molecule has 2 aromatic rings. The standard InChI is InChI=1S/C17H22N4O3S/c1-9-13(16(23)24-3)10(2)20-14(9)15(22)21-17-19-8-12(25-17)11-4-6-18-7-5-11/h8,11,18,20H,4-7H2,1-3H3,(H,19,21,22). The number of thiazole rings is 1. The van der Waals surface area contributed by atoms with Crippen molar-refractivity contribution in [1.82, 2.24) is 15.3 Å². The number of esters is 1. The first-order valence-electron chi connectivity index (χ1n) is 8.26. The normalized spacial score (nSPS) is 15.2. The van der Waals surface area contributed by atoms with Gasteiger partial charge in [0, 0.05) is 16.8 Å². The first-order valence-corrected chi connectivity index (χ1v) is 9.08. The second kappa shape index (κ2) is 7.37. The number of ether oxygens (including phenoxy) is 1. The monoisotopic (exact) mass is 362 g/mol. The molecule has 0 bridgehead atoms. The molecule has 1 fully saturated rings. The molecule has 1 aliphatic rings. The molecule has 1 aliphatic heterocycles. The van der Waals surface area contributed by atoms with Gasteiger partial charge in [-0.05, 0) is 51.3 Å². The highest BCUT2D eigenvalue weighted by Gasteiger charge is 2.23. The zero-order chi connectivity index (χ0) is 18.0. The van der Waals surface area contributed by atoms with Crippen LogP contribution in [0.15, 0.2) is 6.20 Å². The maximum absolute atomic E-state index is 12.6. The van der Waals surface area contributed by atoms with E-state index in [-0.39, 0.29) is 5.91 Å². The van der Waals surface area contributed by atoms with Gasteiger partial charge in [-0.1, -0.05) is 0 Å². The number of methoxy groups -OCH3 is 1. The smallest absolute Gasteiger partial charge is 0.339 e. The Morgan fingerprint density at radius 1 is 1.32 bits per heavy atom. The van der Waals surface area contributed by atoms with Crippen LogP contribution in [0.1, 0.15) is 55.7 Å². The van der Waals surface area contributed by atoms with Gasteiger partial charge in [-0.3, -0.25) is 10.1 Å². The number of carbonyl (C=O) groups excluding carboxylic acids is 2. The maximum atomic E-state index is 12.6. The van der Waals surface area contributed by atoms with Crippen molar-refractivity contribution in [3.63, 3.8) is 0 Å². The summed E-state index contributed by atoms with van der Waals surface area (Å²) >= 11 is 1.51. The van der Waals surface area contributed by atoms with Crippen LogP contribution in [0.25, 0.3) is 0 Å². The molecule has 134 valence electrons. The number of aromatic amines is 1. The Morgan fingerprint density at radius 2 is 2.04 bits per heavy atom. The molecule has 0 aliphatic carbocycles. The molecule has 0 aromatic carbocycles. The highest BCUT2D eigenvalue weighted by Crippen LogP contribution is 2.32. The molecule has 0 atom stereocenters. The lowest BCUT2D eigenvalue weighted by Gasteiger charge is -2.20. The number of carbonyl (C=O) groups is 2. The molecule has 0 radical (unpaired) electrons. The molecule has 2 aromatic heterocycles. The van der Waals surface area contributed by atoms with Gasteiger partial charge in [-0.15, -0.1) is 11.3 Å². The minimum absolute atomic E-state index is 0.304. The number of nitrogens with one attached hydrogen (secondary N) is 3. The Bertz CT molecular complexity index is 790. The molecule has 8 heteroatoms. The van der Waals surface area contributed by atoms with Crippen LogP contribution >= 0.6 is 11.3 Å². The number of H-pyrrole nitrogens is 1. The van der Waals surface area contributed by atoms with Crippen molar-refractivity contribution in [2.75, 3.05) is 25.5 Å². The van der Waals surface area contributed by atoms with Gasteiger partial charge >= 0.3 is 5.97 Å². The summed E-state index contributed by atoms with van der Waals surface area (Å²) in [5.74, 6) is -0.250. The van der Waals surface area contributed by atoms with Gasteiger partial charge < -0.3 is 15.0 Å². The van der Waals surface area contributed by atoms with E-state index in [1.165, 1.54) is 23.3 Å². The molecule has 3 N–H and O–H groups in total. The average Bonchev–Trinajstić information content (AvgIpc) is 3.19. The van der Waals surface area contributed by atoms with Gasteiger partial charge in [-0.25, -0.2) is 9.78 Å². The quantitative estimate of drug-likeness (QED) is 0.727. The number of hydrogen-bond acceptors (Lipinski definition) is 6.